The van der Waals surface area contributed by atoms with Gasteiger partial charge in [-0.2, -0.15) is 0 Å². The summed E-state index contributed by atoms with van der Waals surface area (Å²) >= 11 is 0. The average Bonchev–Trinajstić information content (AvgIpc) is 2.49. The molecule has 0 bridgehead atoms. The Kier molecular flexibility index (Phi) is 5.27. The predicted octanol–water partition coefficient (Wildman–Crippen LogP) is 3.00. The lowest BCUT2D eigenvalue weighted by Gasteiger charge is -2.33. The van der Waals surface area contributed by atoms with Crippen LogP contribution < -0.4 is 5.73 Å². The topological polar surface area (TPSA) is 63.4 Å². The zero-order chi connectivity index (χ0) is 15.5. The molecule has 0 radical (unpaired) electrons. The summed E-state index contributed by atoms with van der Waals surface area (Å²) in [4.78, 5) is 0. The Bertz CT molecular complexity index is 546. The standard InChI is InChI=1S/C16H26N2O2S/c1-3-13-6-10-16(11-7-13)18(2)21(19,20)12-14-4-8-15(17)9-5-14/h4-5,8-9,13,16H,3,6-7,10-12,17H2,1-2H3. The Hall–Kier alpha value is -1.07. The lowest BCUT2D eigenvalue weighted by Crippen LogP contribution is -2.40. The average molecular weight is 310 g/mol. The molecule has 1 saturated carbocycles. The molecule has 0 amide bonds. The molecule has 1 fully saturated rings. The Morgan fingerprint density at radius 3 is 2.24 bits per heavy atom. The summed E-state index contributed by atoms with van der Waals surface area (Å²) in [6.45, 7) is 2.21. The normalized spacial score (nSPS) is 23.4. The number of anilines is 1. The zero-order valence-electron chi connectivity index (χ0n) is 13.0. The first-order valence-electron chi connectivity index (χ1n) is 7.72. The molecule has 0 saturated heterocycles. The lowest BCUT2D eigenvalue weighted by atomic mass is 9.85. The SMILES string of the molecule is CCC1CCC(N(C)S(=O)(=O)Cc2ccc(N)cc2)CC1. The third kappa shape index (κ3) is 4.20. The lowest BCUT2D eigenvalue weighted by molar-refractivity contribution is 0.233. The van der Waals surface area contributed by atoms with Crippen LogP contribution in [0.4, 0.5) is 5.69 Å². The molecule has 118 valence electrons. The fraction of sp³-hybridized carbons (Fsp3) is 0.625. The van der Waals surface area contributed by atoms with Gasteiger partial charge in [0.05, 0.1) is 5.75 Å². The van der Waals surface area contributed by atoms with E-state index in [1.807, 2.05) is 0 Å². The molecule has 0 heterocycles. The first-order chi connectivity index (χ1) is 9.92. The molecule has 1 aliphatic rings. The van der Waals surface area contributed by atoms with E-state index in [2.05, 4.69) is 6.92 Å². The van der Waals surface area contributed by atoms with Crippen LogP contribution in [0, 0.1) is 5.92 Å². The van der Waals surface area contributed by atoms with Crippen molar-refractivity contribution in [3.8, 4) is 0 Å². The van der Waals surface area contributed by atoms with Gasteiger partial charge in [-0.05, 0) is 49.3 Å². The molecule has 4 nitrogen and oxygen atoms in total. The van der Waals surface area contributed by atoms with E-state index in [-0.39, 0.29) is 11.8 Å². The largest absolute Gasteiger partial charge is 0.399 e. The number of rotatable bonds is 5. The van der Waals surface area contributed by atoms with Crippen molar-refractivity contribution in [3.05, 3.63) is 29.8 Å². The molecule has 2 N–H and O–H groups in total. The third-order valence-electron chi connectivity index (χ3n) is 4.68. The van der Waals surface area contributed by atoms with Crippen molar-refractivity contribution in [3.63, 3.8) is 0 Å². The van der Waals surface area contributed by atoms with E-state index in [9.17, 15) is 8.42 Å². The molecular weight excluding hydrogens is 284 g/mol. The van der Waals surface area contributed by atoms with Crippen LogP contribution in [-0.4, -0.2) is 25.8 Å². The van der Waals surface area contributed by atoms with Crippen molar-refractivity contribution in [1.29, 1.82) is 0 Å². The number of hydrogen-bond donors (Lipinski definition) is 1. The molecule has 0 aliphatic heterocycles. The van der Waals surface area contributed by atoms with Crippen molar-refractivity contribution in [1.82, 2.24) is 4.31 Å². The quantitative estimate of drug-likeness (QED) is 0.850. The smallest absolute Gasteiger partial charge is 0.218 e. The minimum Gasteiger partial charge on any atom is -0.399 e. The molecule has 21 heavy (non-hydrogen) atoms. The number of nitrogen functional groups attached to an aromatic ring is 1. The highest BCUT2D eigenvalue weighted by Crippen LogP contribution is 2.30. The van der Waals surface area contributed by atoms with Gasteiger partial charge in [-0.3, -0.25) is 0 Å². The van der Waals surface area contributed by atoms with Gasteiger partial charge in [0.25, 0.3) is 0 Å². The van der Waals surface area contributed by atoms with E-state index in [4.69, 9.17) is 5.73 Å². The molecule has 0 spiro atoms. The fourth-order valence-corrected chi connectivity index (χ4v) is 4.55. The monoisotopic (exact) mass is 310 g/mol. The van der Waals surface area contributed by atoms with Crippen molar-refractivity contribution < 1.29 is 8.42 Å². The molecule has 5 heteroatoms. The van der Waals surface area contributed by atoms with Crippen LogP contribution in [0.15, 0.2) is 24.3 Å². The maximum absolute atomic E-state index is 12.5. The minimum absolute atomic E-state index is 0.0531. The summed E-state index contributed by atoms with van der Waals surface area (Å²) in [6, 6.07) is 7.23. The Morgan fingerprint density at radius 2 is 1.71 bits per heavy atom. The maximum atomic E-state index is 12.5. The van der Waals surface area contributed by atoms with Crippen LogP contribution >= 0.6 is 0 Å². The summed E-state index contributed by atoms with van der Waals surface area (Å²) in [7, 11) is -1.53. The van der Waals surface area contributed by atoms with Gasteiger partial charge in [0.15, 0.2) is 0 Å². The second-order valence-electron chi connectivity index (χ2n) is 6.10. The molecule has 2 rings (SSSR count). The second kappa shape index (κ2) is 6.79. The van der Waals surface area contributed by atoms with Gasteiger partial charge in [0, 0.05) is 18.8 Å². The highest BCUT2D eigenvalue weighted by molar-refractivity contribution is 7.88. The first-order valence-corrected chi connectivity index (χ1v) is 9.33. The molecule has 0 unspecified atom stereocenters. The van der Waals surface area contributed by atoms with Gasteiger partial charge in [-0.15, -0.1) is 0 Å². The summed E-state index contributed by atoms with van der Waals surface area (Å²) in [5, 5.41) is 0. The minimum atomic E-state index is -3.26. The van der Waals surface area contributed by atoms with Crippen molar-refractivity contribution in [2.75, 3.05) is 12.8 Å². The molecule has 1 aliphatic carbocycles. The maximum Gasteiger partial charge on any atom is 0.218 e. The van der Waals surface area contributed by atoms with E-state index in [1.165, 1.54) is 6.42 Å². The Morgan fingerprint density at radius 1 is 1.14 bits per heavy atom. The zero-order valence-corrected chi connectivity index (χ0v) is 13.8. The van der Waals surface area contributed by atoms with Crippen molar-refractivity contribution in [2.24, 2.45) is 5.92 Å². The van der Waals surface area contributed by atoms with Crippen LogP contribution in [0.25, 0.3) is 0 Å². The van der Waals surface area contributed by atoms with Crippen LogP contribution in [0.2, 0.25) is 0 Å². The fourth-order valence-electron chi connectivity index (χ4n) is 3.07. The predicted molar refractivity (Wildman–Crippen MR) is 87.3 cm³/mol. The van der Waals surface area contributed by atoms with Crippen LogP contribution in [0.1, 0.15) is 44.6 Å². The number of nitrogens with two attached hydrogens (primary N) is 1. The van der Waals surface area contributed by atoms with E-state index in [1.54, 1.807) is 35.6 Å². The number of benzene rings is 1. The van der Waals surface area contributed by atoms with Crippen molar-refractivity contribution >= 4 is 15.7 Å². The highest BCUT2D eigenvalue weighted by atomic mass is 32.2. The number of nitrogens with zero attached hydrogens (tertiary/aromatic N) is 1. The summed E-state index contributed by atoms with van der Waals surface area (Å²) in [6.07, 6.45) is 5.45. The number of hydrogen-bond acceptors (Lipinski definition) is 3. The van der Waals surface area contributed by atoms with Gasteiger partial charge < -0.3 is 5.73 Å². The van der Waals surface area contributed by atoms with E-state index >= 15 is 0 Å². The van der Waals surface area contributed by atoms with Gasteiger partial charge >= 0.3 is 0 Å². The van der Waals surface area contributed by atoms with E-state index in [0.29, 0.717) is 5.69 Å². The third-order valence-corrected chi connectivity index (χ3v) is 6.55. The van der Waals surface area contributed by atoms with E-state index < -0.39 is 10.0 Å². The van der Waals surface area contributed by atoms with Gasteiger partial charge in [-0.1, -0.05) is 25.5 Å². The molecule has 1 aromatic carbocycles. The molecule has 1 aromatic rings. The summed E-state index contributed by atoms with van der Waals surface area (Å²) < 4.78 is 26.7. The van der Waals surface area contributed by atoms with Crippen LogP contribution in [0.3, 0.4) is 0 Å². The molecule has 0 atom stereocenters. The molecule has 0 aromatic heterocycles. The van der Waals surface area contributed by atoms with Gasteiger partial charge in [-0.25, -0.2) is 12.7 Å². The van der Waals surface area contributed by atoms with Gasteiger partial charge in [0.1, 0.15) is 0 Å². The second-order valence-corrected chi connectivity index (χ2v) is 8.13. The summed E-state index contributed by atoms with van der Waals surface area (Å²) in [5.74, 6) is 0.826. The van der Waals surface area contributed by atoms with E-state index in [0.717, 1.165) is 37.2 Å². The van der Waals surface area contributed by atoms with Crippen molar-refractivity contribution in [2.45, 2.75) is 50.8 Å². The summed E-state index contributed by atoms with van der Waals surface area (Å²) in [5.41, 5.74) is 7.08. The Balaban J connectivity index is 2.00. The Labute approximate surface area is 128 Å². The van der Waals surface area contributed by atoms with Crippen LogP contribution in [-0.2, 0) is 15.8 Å². The highest BCUT2D eigenvalue weighted by Gasteiger charge is 2.29. The van der Waals surface area contributed by atoms with Crippen LogP contribution in [0.5, 0.6) is 0 Å². The number of sulfonamides is 1. The first kappa shape index (κ1) is 16.3. The molecular formula is C16H26N2O2S. The van der Waals surface area contributed by atoms with Gasteiger partial charge in [0.2, 0.25) is 10.0 Å².